The zero-order valence-electron chi connectivity index (χ0n) is 15.3. The molecule has 1 fully saturated rings. The number of amides is 1. The van der Waals surface area contributed by atoms with Crippen molar-refractivity contribution >= 4 is 29.7 Å². The molecule has 28 heavy (non-hydrogen) atoms. The number of carboxylic acids is 1. The predicted molar refractivity (Wildman–Crippen MR) is 107 cm³/mol. The van der Waals surface area contributed by atoms with E-state index in [4.69, 9.17) is 21.1 Å². The lowest BCUT2D eigenvalue weighted by Gasteiger charge is -2.22. The molecular formula is C20H22ClN3O4. The molecule has 0 bridgehead atoms. The Morgan fingerprint density at radius 1 is 1.21 bits per heavy atom. The third-order valence-electron chi connectivity index (χ3n) is 4.65. The molecule has 0 radical (unpaired) electrons. The fourth-order valence-electron chi connectivity index (χ4n) is 3.17. The monoisotopic (exact) mass is 403 g/mol. The van der Waals surface area contributed by atoms with Gasteiger partial charge in [-0.05, 0) is 43.2 Å². The van der Waals surface area contributed by atoms with E-state index < -0.39 is 5.97 Å². The summed E-state index contributed by atoms with van der Waals surface area (Å²) in [5, 5.41) is 16.5. The van der Waals surface area contributed by atoms with E-state index in [-0.39, 0.29) is 23.0 Å². The quantitative estimate of drug-likeness (QED) is 0.483. The summed E-state index contributed by atoms with van der Waals surface area (Å²) in [7, 11) is 0. The number of hydrogen-bond acceptors (Lipinski definition) is 5. The highest BCUT2D eigenvalue weighted by Gasteiger charge is 2.14. The molecule has 8 heteroatoms. The number of hydrazone groups is 1. The van der Waals surface area contributed by atoms with Crippen LogP contribution in [0.25, 0.3) is 11.3 Å². The number of aromatic carboxylic acids is 1. The van der Waals surface area contributed by atoms with Crippen LogP contribution in [0.5, 0.6) is 0 Å². The number of rotatable bonds is 7. The third-order valence-corrected chi connectivity index (χ3v) is 4.98. The van der Waals surface area contributed by atoms with Crippen LogP contribution in [0.15, 0.2) is 39.9 Å². The summed E-state index contributed by atoms with van der Waals surface area (Å²) in [5.74, 6) is -0.407. The van der Waals surface area contributed by atoms with Gasteiger partial charge in [0.15, 0.2) is 0 Å². The minimum atomic E-state index is -1.11. The Labute approximate surface area is 167 Å². The van der Waals surface area contributed by atoms with Gasteiger partial charge in [-0.2, -0.15) is 5.10 Å². The molecule has 0 atom stereocenters. The molecule has 1 heterocycles. The summed E-state index contributed by atoms with van der Waals surface area (Å²) < 4.78 is 5.63. The van der Waals surface area contributed by atoms with Crippen LogP contribution in [0.1, 0.15) is 48.2 Å². The summed E-state index contributed by atoms with van der Waals surface area (Å²) in [6.45, 7) is 0.230. The van der Waals surface area contributed by atoms with Crippen molar-refractivity contribution in [1.82, 2.24) is 10.7 Å². The van der Waals surface area contributed by atoms with Crippen LogP contribution in [0.2, 0.25) is 5.02 Å². The molecule has 1 aliphatic rings. The van der Waals surface area contributed by atoms with Gasteiger partial charge in [0.05, 0.1) is 23.3 Å². The summed E-state index contributed by atoms with van der Waals surface area (Å²) in [6.07, 6.45) is 7.31. The maximum atomic E-state index is 11.8. The standard InChI is InChI=1S/C20H22ClN3O4/c21-17-8-6-13(10-16(17)20(26)27)18-9-7-15(28-18)11-23-24-19(25)12-22-14-4-2-1-3-5-14/h6-11,14,22H,1-5,12H2,(H,24,25)(H,26,27)/b23-11-. The lowest BCUT2D eigenvalue weighted by Crippen LogP contribution is -2.38. The van der Waals surface area contributed by atoms with E-state index in [1.807, 2.05) is 0 Å². The van der Waals surface area contributed by atoms with Crippen molar-refractivity contribution < 1.29 is 19.1 Å². The number of carboxylic acid groups (broad SMARTS) is 1. The van der Waals surface area contributed by atoms with Crippen molar-refractivity contribution in [2.24, 2.45) is 5.10 Å². The fourth-order valence-corrected chi connectivity index (χ4v) is 3.37. The minimum Gasteiger partial charge on any atom is -0.478 e. The Balaban J connectivity index is 1.53. The number of benzene rings is 1. The van der Waals surface area contributed by atoms with Gasteiger partial charge < -0.3 is 14.8 Å². The second-order valence-electron chi connectivity index (χ2n) is 6.71. The Kier molecular flexibility index (Phi) is 6.84. The molecule has 0 aliphatic heterocycles. The normalized spacial score (nSPS) is 15.0. The highest BCUT2D eigenvalue weighted by molar-refractivity contribution is 6.33. The number of hydrogen-bond donors (Lipinski definition) is 3. The SMILES string of the molecule is O=C(CNC1CCCCC1)N/N=C\c1ccc(-c2ccc(Cl)c(C(=O)O)c2)o1. The number of furan rings is 1. The van der Waals surface area contributed by atoms with Gasteiger partial charge >= 0.3 is 5.97 Å². The highest BCUT2D eigenvalue weighted by Crippen LogP contribution is 2.26. The van der Waals surface area contributed by atoms with Crippen molar-refractivity contribution in [2.75, 3.05) is 6.54 Å². The first-order chi connectivity index (χ1) is 13.5. The summed E-state index contributed by atoms with van der Waals surface area (Å²) in [5.41, 5.74) is 3.05. The molecule has 1 aromatic heterocycles. The van der Waals surface area contributed by atoms with E-state index in [1.54, 1.807) is 18.2 Å². The maximum absolute atomic E-state index is 11.8. The van der Waals surface area contributed by atoms with Crippen LogP contribution >= 0.6 is 11.6 Å². The topological polar surface area (TPSA) is 104 Å². The Bertz CT molecular complexity index is 872. The molecule has 1 aliphatic carbocycles. The lowest BCUT2D eigenvalue weighted by atomic mass is 9.95. The number of carbonyl (C=O) groups excluding carboxylic acids is 1. The van der Waals surface area contributed by atoms with Gasteiger partial charge in [0.2, 0.25) is 0 Å². The first-order valence-electron chi connectivity index (χ1n) is 9.21. The van der Waals surface area contributed by atoms with Gasteiger partial charge in [0, 0.05) is 11.6 Å². The largest absolute Gasteiger partial charge is 0.478 e. The third kappa shape index (κ3) is 5.43. The van der Waals surface area contributed by atoms with Crippen molar-refractivity contribution in [1.29, 1.82) is 0 Å². The van der Waals surface area contributed by atoms with E-state index in [2.05, 4.69) is 15.8 Å². The van der Waals surface area contributed by atoms with Gasteiger partial charge in [-0.25, -0.2) is 10.2 Å². The van der Waals surface area contributed by atoms with Crippen LogP contribution in [0, 0.1) is 0 Å². The molecule has 148 valence electrons. The zero-order chi connectivity index (χ0) is 19.9. The van der Waals surface area contributed by atoms with Crippen molar-refractivity contribution in [3.63, 3.8) is 0 Å². The summed E-state index contributed by atoms with van der Waals surface area (Å²) in [4.78, 5) is 23.0. The predicted octanol–water partition coefficient (Wildman–Crippen LogP) is 3.67. The van der Waals surface area contributed by atoms with Crippen LogP contribution in [0.4, 0.5) is 0 Å². The molecule has 0 unspecified atom stereocenters. The van der Waals surface area contributed by atoms with E-state index in [0.29, 0.717) is 23.1 Å². The first-order valence-corrected chi connectivity index (χ1v) is 9.59. The van der Waals surface area contributed by atoms with Gasteiger partial charge in [-0.1, -0.05) is 30.9 Å². The number of carbonyl (C=O) groups is 2. The average Bonchev–Trinajstić information content (AvgIpc) is 3.16. The van der Waals surface area contributed by atoms with E-state index in [9.17, 15) is 9.59 Å². The van der Waals surface area contributed by atoms with Gasteiger partial charge in [0.25, 0.3) is 5.91 Å². The van der Waals surface area contributed by atoms with Crippen molar-refractivity contribution in [2.45, 2.75) is 38.1 Å². The molecule has 7 nitrogen and oxygen atoms in total. The molecule has 2 aromatic rings. The van der Waals surface area contributed by atoms with Crippen molar-refractivity contribution in [3.8, 4) is 11.3 Å². The Hall–Kier alpha value is -2.64. The van der Waals surface area contributed by atoms with Crippen LogP contribution in [0.3, 0.4) is 0 Å². The molecule has 0 spiro atoms. The van der Waals surface area contributed by atoms with Crippen LogP contribution < -0.4 is 10.7 Å². The minimum absolute atomic E-state index is 0.00325. The molecule has 0 saturated heterocycles. The summed E-state index contributed by atoms with van der Waals surface area (Å²) >= 11 is 5.88. The first kappa shape index (κ1) is 20.1. The van der Waals surface area contributed by atoms with E-state index in [1.165, 1.54) is 37.6 Å². The highest BCUT2D eigenvalue weighted by atomic mass is 35.5. The van der Waals surface area contributed by atoms with Crippen LogP contribution in [-0.2, 0) is 4.79 Å². The molecule has 1 amide bonds. The second kappa shape index (κ2) is 9.52. The average molecular weight is 404 g/mol. The molecular weight excluding hydrogens is 382 g/mol. The van der Waals surface area contributed by atoms with Crippen LogP contribution in [-0.4, -0.2) is 35.8 Å². The molecule has 1 saturated carbocycles. The Morgan fingerprint density at radius 3 is 2.75 bits per heavy atom. The zero-order valence-corrected chi connectivity index (χ0v) is 16.0. The van der Waals surface area contributed by atoms with E-state index in [0.717, 1.165) is 12.8 Å². The molecule has 3 N–H and O–H groups in total. The summed E-state index contributed by atoms with van der Waals surface area (Å²) in [6, 6.07) is 8.42. The van der Waals surface area contributed by atoms with Gasteiger partial charge in [-0.3, -0.25) is 4.79 Å². The van der Waals surface area contributed by atoms with E-state index >= 15 is 0 Å². The second-order valence-corrected chi connectivity index (χ2v) is 7.12. The van der Waals surface area contributed by atoms with Crippen molar-refractivity contribution in [3.05, 3.63) is 46.7 Å². The number of nitrogens with zero attached hydrogens (tertiary/aromatic N) is 1. The lowest BCUT2D eigenvalue weighted by molar-refractivity contribution is -0.120. The smallest absolute Gasteiger partial charge is 0.337 e. The number of halogens is 1. The van der Waals surface area contributed by atoms with Gasteiger partial charge in [0.1, 0.15) is 11.5 Å². The maximum Gasteiger partial charge on any atom is 0.337 e. The van der Waals surface area contributed by atoms with Gasteiger partial charge in [-0.15, -0.1) is 0 Å². The Morgan fingerprint density at radius 2 is 2.00 bits per heavy atom. The molecule has 1 aromatic carbocycles. The molecule has 3 rings (SSSR count). The number of nitrogens with one attached hydrogen (secondary N) is 2. The fraction of sp³-hybridized carbons (Fsp3) is 0.350.